The summed E-state index contributed by atoms with van der Waals surface area (Å²) in [6, 6.07) is 13.8. The molecule has 3 heteroatoms. The summed E-state index contributed by atoms with van der Waals surface area (Å²) in [6.45, 7) is 3.32. The summed E-state index contributed by atoms with van der Waals surface area (Å²) in [7, 11) is 0. The fraction of sp³-hybridized carbons (Fsp3) is 0.412. The highest BCUT2D eigenvalue weighted by Gasteiger charge is 2.29. The second-order valence-electron chi connectivity index (χ2n) is 5.51. The third kappa shape index (κ3) is 3.00. The minimum Gasteiger partial charge on any atom is -0.309 e. The first-order chi connectivity index (χ1) is 9.78. The minimum atomic E-state index is 0.485. The number of nitrogens with one attached hydrogen (secondary N) is 1. The molecule has 1 unspecified atom stereocenters. The van der Waals surface area contributed by atoms with Gasteiger partial charge in [0, 0.05) is 10.9 Å². The van der Waals surface area contributed by atoms with Crippen molar-refractivity contribution in [1.82, 2.24) is 5.32 Å². The average Bonchev–Trinajstić information content (AvgIpc) is 3.05. The normalized spacial score (nSPS) is 16.3. The summed E-state index contributed by atoms with van der Waals surface area (Å²) in [4.78, 5) is 1.46. The van der Waals surface area contributed by atoms with Crippen LogP contribution >= 0.6 is 27.3 Å². The first-order valence-corrected chi connectivity index (χ1v) is 8.94. The maximum Gasteiger partial charge on any atom is 0.0701 e. The van der Waals surface area contributed by atoms with Crippen LogP contribution < -0.4 is 5.32 Å². The first kappa shape index (κ1) is 14.3. The van der Waals surface area contributed by atoms with Crippen molar-refractivity contribution in [2.75, 3.05) is 6.54 Å². The second kappa shape index (κ2) is 6.42. The van der Waals surface area contributed by atoms with E-state index in [1.165, 1.54) is 39.1 Å². The molecule has 1 N–H and O–H groups in total. The number of rotatable bonds is 5. The van der Waals surface area contributed by atoms with Crippen molar-refractivity contribution < 1.29 is 0 Å². The van der Waals surface area contributed by atoms with E-state index in [1.807, 2.05) is 11.3 Å². The number of hydrogen-bond acceptors (Lipinski definition) is 2. The van der Waals surface area contributed by atoms with Gasteiger partial charge in [0.25, 0.3) is 0 Å². The molecule has 20 heavy (non-hydrogen) atoms. The van der Waals surface area contributed by atoms with E-state index >= 15 is 0 Å². The third-order valence-corrected chi connectivity index (χ3v) is 5.78. The van der Waals surface area contributed by atoms with E-state index in [9.17, 15) is 0 Å². The van der Waals surface area contributed by atoms with Crippen LogP contribution in [0.2, 0.25) is 0 Å². The summed E-state index contributed by atoms with van der Waals surface area (Å²) in [5.74, 6) is 0.685. The fourth-order valence-corrected chi connectivity index (χ4v) is 4.72. The lowest BCUT2D eigenvalue weighted by Gasteiger charge is -2.23. The molecule has 0 fully saturated rings. The zero-order chi connectivity index (χ0) is 13.9. The van der Waals surface area contributed by atoms with Gasteiger partial charge in [-0.15, -0.1) is 11.3 Å². The number of hydrogen-bond donors (Lipinski definition) is 1. The average molecular weight is 350 g/mol. The van der Waals surface area contributed by atoms with Crippen molar-refractivity contribution in [3.8, 4) is 0 Å². The molecule has 106 valence electrons. The molecule has 2 aromatic rings. The Kier molecular flexibility index (Phi) is 4.59. The summed E-state index contributed by atoms with van der Waals surface area (Å²) >= 11 is 5.46. The summed E-state index contributed by atoms with van der Waals surface area (Å²) in [6.07, 6.45) is 3.59. The fourth-order valence-electron chi connectivity index (χ4n) is 3.12. The molecule has 1 aliphatic rings. The third-order valence-electron chi connectivity index (χ3n) is 4.07. The van der Waals surface area contributed by atoms with Crippen LogP contribution in [0.3, 0.4) is 0 Å². The molecule has 1 aliphatic carbocycles. The summed E-state index contributed by atoms with van der Waals surface area (Å²) in [5, 5.41) is 3.77. The van der Waals surface area contributed by atoms with Crippen LogP contribution in [-0.2, 0) is 12.8 Å². The van der Waals surface area contributed by atoms with Gasteiger partial charge in [-0.3, -0.25) is 0 Å². The van der Waals surface area contributed by atoms with Gasteiger partial charge in [-0.2, -0.15) is 0 Å². The largest absolute Gasteiger partial charge is 0.309 e. The SMILES string of the molecule is CCCNC(c1ccc(Br)s1)C1Cc2ccccc2C1. The van der Waals surface area contributed by atoms with Gasteiger partial charge in [0.15, 0.2) is 0 Å². The Bertz CT molecular complexity index is 553. The molecule has 0 aliphatic heterocycles. The molecule has 1 heterocycles. The van der Waals surface area contributed by atoms with Crippen molar-refractivity contribution >= 4 is 27.3 Å². The lowest BCUT2D eigenvalue weighted by molar-refractivity contribution is 0.379. The van der Waals surface area contributed by atoms with Crippen LogP contribution in [0.1, 0.15) is 35.4 Å². The van der Waals surface area contributed by atoms with Gasteiger partial charge in [0.1, 0.15) is 0 Å². The van der Waals surface area contributed by atoms with Crippen LogP contribution in [0.15, 0.2) is 40.2 Å². The van der Waals surface area contributed by atoms with Gasteiger partial charge in [-0.05, 0) is 70.9 Å². The molecule has 1 nitrogen and oxygen atoms in total. The van der Waals surface area contributed by atoms with E-state index in [-0.39, 0.29) is 0 Å². The standard InChI is InChI=1S/C17H20BrNS/c1-2-9-19-17(15-7-8-16(18)20-15)14-10-12-5-3-4-6-13(12)11-14/h3-8,14,17,19H,2,9-11H2,1H3. The van der Waals surface area contributed by atoms with E-state index in [0.717, 1.165) is 6.54 Å². The second-order valence-corrected chi connectivity index (χ2v) is 8.01. The molecular formula is C17H20BrNS. The maximum atomic E-state index is 3.77. The van der Waals surface area contributed by atoms with Crippen molar-refractivity contribution in [2.24, 2.45) is 5.92 Å². The van der Waals surface area contributed by atoms with Crippen LogP contribution in [0.4, 0.5) is 0 Å². The highest BCUT2D eigenvalue weighted by molar-refractivity contribution is 9.11. The molecule has 0 spiro atoms. The highest BCUT2D eigenvalue weighted by Crippen LogP contribution is 2.38. The zero-order valence-corrected chi connectivity index (χ0v) is 14.1. The van der Waals surface area contributed by atoms with Gasteiger partial charge in [0.05, 0.1) is 3.79 Å². The predicted octanol–water partition coefficient (Wildman–Crippen LogP) is 4.97. The van der Waals surface area contributed by atoms with Crippen molar-refractivity contribution in [2.45, 2.75) is 32.2 Å². The molecule has 3 rings (SSSR count). The molecule has 0 bridgehead atoms. The van der Waals surface area contributed by atoms with Gasteiger partial charge in [-0.25, -0.2) is 0 Å². The van der Waals surface area contributed by atoms with E-state index in [2.05, 4.69) is 64.6 Å². The van der Waals surface area contributed by atoms with Gasteiger partial charge in [-0.1, -0.05) is 31.2 Å². The molecule has 1 atom stereocenters. The molecule has 0 amide bonds. The number of fused-ring (bicyclic) bond motifs is 1. The number of benzene rings is 1. The Balaban J connectivity index is 1.81. The first-order valence-electron chi connectivity index (χ1n) is 7.33. The quantitative estimate of drug-likeness (QED) is 0.803. The minimum absolute atomic E-state index is 0.485. The lowest BCUT2D eigenvalue weighted by Crippen LogP contribution is -2.28. The Morgan fingerprint density at radius 3 is 2.45 bits per heavy atom. The van der Waals surface area contributed by atoms with Crippen LogP contribution in [-0.4, -0.2) is 6.54 Å². The maximum absolute atomic E-state index is 3.77. The van der Waals surface area contributed by atoms with Crippen LogP contribution in [0, 0.1) is 5.92 Å². The smallest absolute Gasteiger partial charge is 0.0701 e. The van der Waals surface area contributed by atoms with Crippen LogP contribution in [0.25, 0.3) is 0 Å². The van der Waals surface area contributed by atoms with Crippen molar-refractivity contribution in [1.29, 1.82) is 0 Å². The topological polar surface area (TPSA) is 12.0 Å². The Morgan fingerprint density at radius 2 is 1.90 bits per heavy atom. The number of thiophene rings is 1. The molecule has 0 saturated carbocycles. The number of halogens is 1. The molecule has 0 saturated heterocycles. The van der Waals surface area contributed by atoms with Crippen molar-refractivity contribution in [3.05, 3.63) is 56.2 Å². The van der Waals surface area contributed by atoms with E-state index in [1.54, 1.807) is 0 Å². The predicted molar refractivity (Wildman–Crippen MR) is 90.4 cm³/mol. The Morgan fingerprint density at radius 1 is 1.20 bits per heavy atom. The molecular weight excluding hydrogens is 330 g/mol. The van der Waals surface area contributed by atoms with Crippen molar-refractivity contribution in [3.63, 3.8) is 0 Å². The Hall–Kier alpha value is -0.640. The Labute approximate surface area is 133 Å². The van der Waals surface area contributed by atoms with Crippen LogP contribution in [0.5, 0.6) is 0 Å². The van der Waals surface area contributed by atoms with Gasteiger partial charge in [0.2, 0.25) is 0 Å². The lowest BCUT2D eigenvalue weighted by atomic mass is 9.95. The zero-order valence-electron chi connectivity index (χ0n) is 11.7. The molecule has 0 radical (unpaired) electrons. The monoisotopic (exact) mass is 349 g/mol. The van der Waals surface area contributed by atoms with E-state index in [4.69, 9.17) is 0 Å². The van der Waals surface area contributed by atoms with Gasteiger partial charge < -0.3 is 5.32 Å². The molecule has 1 aromatic carbocycles. The highest BCUT2D eigenvalue weighted by atomic mass is 79.9. The van der Waals surface area contributed by atoms with E-state index in [0.29, 0.717) is 12.0 Å². The summed E-state index contributed by atoms with van der Waals surface area (Å²) in [5.41, 5.74) is 3.08. The summed E-state index contributed by atoms with van der Waals surface area (Å²) < 4.78 is 1.23. The van der Waals surface area contributed by atoms with Gasteiger partial charge >= 0.3 is 0 Å². The van der Waals surface area contributed by atoms with E-state index < -0.39 is 0 Å². The molecule has 1 aromatic heterocycles.